The predicted molar refractivity (Wildman–Crippen MR) is 79.8 cm³/mol. The van der Waals surface area contributed by atoms with Crippen LogP contribution in [0.4, 0.5) is 0 Å². The molecule has 110 valence electrons. The molecule has 0 spiro atoms. The first-order valence-corrected chi connectivity index (χ1v) is 7.43. The Hall–Kier alpha value is -1.55. The van der Waals surface area contributed by atoms with Crippen molar-refractivity contribution in [2.24, 2.45) is 5.92 Å². The standard InChI is InChI=1S/C16H24N2O2/c1-13-6-5-10-17-15(13)12-18-16(19)9-11-20-14-7-3-2-4-8-14/h2-4,7-8,13,15,17H,5-6,9-12H2,1H3,(H,18,19). The summed E-state index contributed by atoms with van der Waals surface area (Å²) in [4.78, 5) is 11.8. The molecule has 4 heteroatoms. The van der Waals surface area contributed by atoms with E-state index >= 15 is 0 Å². The van der Waals surface area contributed by atoms with Crippen molar-refractivity contribution >= 4 is 5.91 Å². The van der Waals surface area contributed by atoms with Crippen molar-refractivity contribution in [1.29, 1.82) is 0 Å². The second-order valence-electron chi connectivity index (χ2n) is 5.40. The minimum atomic E-state index is 0.0560. The van der Waals surface area contributed by atoms with Crippen LogP contribution in [-0.4, -0.2) is 31.6 Å². The Labute approximate surface area is 120 Å². The van der Waals surface area contributed by atoms with E-state index in [0.29, 0.717) is 31.5 Å². The van der Waals surface area contributed by atoms with E-state index in [4.69, 9.17) is 4.74 Å². The Balaban J connectivity index is 1.60. The molecule has 1 saturated heterocycles. The lowest BCUT2D eigenvalue weighted by Gasteiger charge is -2.30. The number of ether oxygens (including phenoxy) is 1. The van der Waals surface area contributed by atoms with E-state index in [-0.39, 0.29) is 5.91 Å². The van der Waals surface area contributed by atoms with E-state index in [9.17, 15) is 4.79 Å². The molecule has 0 saturated carbocycles. The van der Waals surface area contributed by atoms with Crippen LogP contribution in [0.3, 0.4) is 0 Å². The van der Waals surface area contributed by atoms with Gasteiger partial charge in [-0.1, -0.05) is 25.1 Å². The van der Waals surface area contributed by atoms with Crippen LogP contribution in [-0.2, 0) is 4.79 Å². The number of rotatable bonds is 6. The van der Waals surface area contributed by atoms with E-state index in [1.54, 1.807) is 0 Å². The first kappa shape index (κ1) is 14.9. The van der Waals surface area contributed by atoms with Gasteiger partial charge in [0.25, 0.3) is 0 Å². The second kappa shape index (κ2) is 7.90. The van der Waals surface area contributed by atoms with Crippen LogP contribution in [0.25, 0.3) is 0 Å². The molecule has 2 unspecified atom stereocenters. The Morgan fingerprint density at radius 1 is 1.40 bits per heavy atom. The third-order valence-electron chi connectivity index (χ3n) is 3.79. The van der Waals surface area contributed by atoms with Crippen molar-refractivity contribution in [3.05, 3.63) is 30.3 Å². The molecule has 2 rings (SSSR count). The fourth-order valence-corrected chi connectivity index (χ4v) is 2.48. The number of nitrogens with one attached hydrogen (secondary N) is 2. The number of piperidine rings is 1. The first-order valence-electron chi connectivity index (χ1n) is 7.43. The number of para-hydroxylation sites is 1. The summed E-state index contributed by atoms with van der Waals surface area (Å²) in [5, 5.41) is 6.45. The molecule has 1 aliphatic heterocycles. The molecule has 4 nitrogen and oxygen atoms in total. The highest BCUT2D eigenvalue weighted by Crippen LogP contribution is 2.14. The number of benzene rings is 1. The van der Waals surface area contributed by atoms with Gasteiger partial charge in [-0.2, -0.15) is 0 Å². The molecule has 1 aromatic rings. The zero-order chi connectivity index (χ0) is 14.2. The Bertz CT molecular complexity index is 408. The summed E-state index contributed by atoms with van der Waals surface area (Å²) in [7, 11) is 0. The molecule has 2 atom stereocenters. The van der Waals surface area contributed by atoms with Crippen LogP contribution in [0, 0.1) is 5.92 Å². The van der Waals surface area contributed by atoms with Crippen LogP contribution < -0.4 is 15.4 Å². The maximum atomic E-state index is 11.8. The van der Waals surface area contributed by atoms with Crippen molar-refractivity contribution in [3.8, 4) is 5.75 Å². The first-order chi connectivity index (χ1) is 9.75. The molecule has 1 aromatic carbocycles. The molecule has 0 aliphatic carbocycles. The van der Waals surface area contributed by atoms with Gasteiger partial charge in [-0.15, -0.1) is 0 Å². The average molecular weight is 276 g/mol. The van der Waals surface area contributed by atoms with Crippen molar-refractivity contribution in [2.45, 2.75) is 32.2 Å². The normalized spacial score (nSPS) is 22.2. The summed E-state index contributed by atoms with van der Waals surface area (Å²) < 4.78 is 5.51. The van der Waals surface area contributed by atoms with Crippen LogP contribution in [0.1, 0.15) is 26.2 Å². The molecule has 0 radical (unpaired) electrons. The van der Waals surface area contributed by atoms with Gasteiger partial charge in [0.05, 0.1) is 13.0 Å². The molecule has 1 amide bonds. The SMILES string of the molecule is CC1CCCNC1CNC(=O)CCOc1ccccc1. The van der Waals surface area contributed by atoms with Gasteiger partial charge in [-0.3, -0.25) is 4.79 Å². The summed E-state index contributed by atoms with van der Waals surface area (Å²) in [5.74, 6) is 1.49. The molecule has 20 heavy (non-hydrogen) atoms. The largest absolute Gasteiger partial charge is 0.493 e. The van der Waals surface area contributed by atoms with Crippen LogP contribution >= 0.6 is 0 Å². The fraction of sp³-hybridized carbons (Fsp3) is 0.562. The summed E-state index contributed by atoms with van der Waals surface area (Å²) in [6, 6.07) is 9.98. The van der Waals surface area contributed by atoms with E-state index in [1.807, 2.05) is 30.3 Å². The zero-order valence-electron chi connectivity index (χ0n) is 12.1. The molecular weight excluding hydrogens is 252 g/mol. The molecule has 0 aromatic heterocycles. The summed E-state index contributed by atoms with van der Waals surface area (Å²) in [6.07, 6.45) is 2.87. The molecule has 2 N–H and O–H groups in total. The lowest BCUT2D eigenvalue weighted by atomic mass is 9.93. The van der Waals surface area contributed by atoms with E-state index < -0.39 is 0 Å². The number of carbonyl (C=O) groups excluding carboxylic acids is 1. The molecule has 0 bridgehead atoms. The van der Waals surface area contributed by atoms with Crippen molar-refractivity contribution in [3.63, 3.8) is 0 Å². The maximum Gasteiger partial charge on any atom is 0.223 e. The Kier molecular flexibility index (Phi) is 5.87. The Morgan fingerprint density at radius 2 is 2.20 bits per heavy atom. The van der Waals surface area contributed by atoms with E-state index in [0.717, 1.165) is 12.3 Å². The molecule has 1 aliphatic rings. The third kappa shape index (κ3) is 4.85. The highest BCUT2D eigenvalue weighted by atomic mass is 16.5. The van der Waals surface area contributed by atoms with Crippen molar-refractivity contribution < 1.29 is 9.53 Å². The highest BCUT2D eigenvalue weighted by Gasteiger charge is 2.20. The molecule has 1 fully saturated rings. The fourth-order valence-electron chi connectivity index (χ4n) is 2.48. The minimum absolute atomic E-state index is 0.0560. The topological polar surface area (TPSA) is 50.4 Å². The number of amides is 1. The Morgan fingerprint density at radius 3 is 2.95 bits per heavy atom. The zero-order valence-corrected chi connectivity index (χ0v) is 12.1. The third-order valence-corrected chi connectivity index (χ3v) is 3.79. The van der Waals surface area contributed by atoms with Crippen molar-refractivity contribution in [2.75, 3.05) is 19.7 Å². The van der Waals surface area contributed by atoms with E-state index in [2.05, 4.69) is 17.6 Å². The van der Waals surface area contributed by atoms with Crippen molar-refractivity contribution in [1.82, 2.24) is 10.6 Å². The average Bonchev–Trinajstić information content (AvgIpc) is 2.47. The van der Waals surface area contributed by atoms with Gasteiger partial charge < -0.3 is 15.4 Å². The highest BCUT2D eigenvalue weighted by molar-refractivity contribution is 5.76. The van der Waals surface area contributed by atoms with Crippen LogP contribution in [0.5, 0.6) is 5.75 Å². The monoisotopic (exact) mass is 276 g/mol. The number of carbonyl (C=O) groups is 1. The summed E-state index contributed by atoms with van der Waals surface area (Å²) in [5.41, 5.74) is 0. The van der Waals surface area contributed by atoms with Gasteiger partial charge in [0.2, 0.25) is 5.91 Å². The summed E-state index contributed by atoms with van der Waals surface area (Å²) in [6.45, 7) is 4.43. The number of hydrogen-bond donors (Lipinski definition) is 2. The predicted octanol–water partition coefficient (Wildman–Crippen LogP) is 1.96. The van der Waals surface area contributed by atoms with E-state index in [1.165, 1.54) is 12.8 Å². The van der Waals surface area contributed by atoms with Gasteiger partial charge in [0.15, 0.2) is 0 Å². The lowest BCUT2D eigenvalue weighted by Crippen LogP contribution is -2.47. The van der Waals surface area contributed by atoms with Crippen LogP contribution in [0.15, 0.2) is 30.3 Å². The number of hydrogen-bond acceptors (Lipinski definition) is 3. The van der Waals surface area contributed by atoms with Crippen LogP contribution in [0.2, 0.25) is 0 Å². The summed E-state index contributed by atoms with van der Waals surface area (Å²) >= 11 is 0. The molecular formula is C16H24N2O2. The quantitative estimate of drug-likeness (QED) is 0.835. The van der Waals surface area contributed by atoms with Gasteiger partial charge in [-0.25, -0.2) is 0 Å². The maximum absolute atomic E-state index is 11.8. The van der Waals surface area contributed by atoms with Gasteiger partial charge >= 0.3 is 0 Å². The molecule has 1 heterocycles. The smallest absolute Gasteiger partial charge is 0.223 e. The van der Waals surface area contributed by atoms with Gasteiger partial charge in [-0.05, 0) is 37.4 Å². The second-order valence-corrected chi connectivity index (χ2v) is 5.40. The lowest BCUT2D eigenvalue weighted by molar-refractivity contribution is -0.121. The van der Waals surface area contributed by atoms with Gasteiger partial charge in [0.1, 0.15) is 5.75 Å². The van der Waals surface area contributed by atoms with Gasteiger partial charge in [0, 0.05) is 12.6 Å². The minimum Gasteiger partial charge on any atom is -0.493 e.